The number of hydrogen-bond donors (Lipinski definition) is 3. The number of halogens is 1. The van der Waals surface area contributed by atoms with Gasteiger partial charge in [0.05, 0.1) is 11.8 Å². The topological polar surface area (TPSA) is 91.2 Å². The van der Waals surface area contributed by atoms with Crippen LogP contribution in [-0.4, -0.2) is 28.9 Å². The Morgan fingerprint density at radius 1 is 1.29 bits per heavy atom. The molecule has 2 aromatic carbocycles. The van der Waals surface area contributed by atoms with E-state index in [1.807, 2.05) is 6.07 Å². The quantitative estimate of drug-likeness (QED) is 0.401. The van der Waals surface area contributed by atoms with Crippen molar-refractivity contribution in [2.24, 2.45) is 5.10 Å². The van der Waals surface area contributed by atoms with Crippen LogP contribution in [0.25, 0.3) is 0 Å². The maximum Gasteiger partial charge on any atom is 0.275 e. The van der Waals surface area contributed by atoms with Crippen molar-refractivity contribution in [3.8, 4) is 17.2 Å². The number of carbonyl (C=O) groups is 1. The normalized spacial score (nSPS) is 10.5. The van der Waals surface area contributed by atoms with Crippen LogP contribution in [0.2, 0.25) is 0 Å². The lowest BCUT2D eigenvalue weighted by molar-refractivity contribution is 0.0952. The summed E-state index contributed by atoms with van der Waals surface area (Å²) in [5.41, 5.74) is 2.96. The number of phenols is 2. The molecule has 24 heavy (non-hydrogen) atoms. The molecule has 124 valence electrons. The van der Waals surface area contributed by atoms with E-state index >= 15 is 0 Å². The smallest absolute Gasteiger partial charge is 0.275 e. The van der Waals surface area contributed by atoms with Gasteiger partial charge in [0.25, 0.3) is 5.91 Å². The maximum absolute atomic E-state index is 12.0. The summed E-state index contributed by atoms with van der Waals surface area (Å²) in [5, 5.41) is 22.7. The Balaban J connectivity index is 2.12. The van der Waals surface area contributed by atoms with Crippen LogP contribution in [0.4, 0.5) is 0 Å². The second-order valence-electron chi connectivity index (χ2n) is 4.68. The zero-order valence-electron chi connectivity index (χ0n) is 12.6. The number of hydrazone groups is 1. The lowest BCUT2D eigenvalue weighted by atomic mass is 10.2. The second-order valence-corrected chi connectivity index (χ2v) is 5.60. The van der Waals surface area contributed by atoms with Crippen molar-refractivity contribution in [2.75, 3.05) is 6.61 Å². The Morgan fingerprint density at radius 2 is 2.08 bits per heavy atom. The first-order valence-corrected chi connectivity index (χ1v) is 7.69. The van der Waals surface area contributed by atoms with Crippen molar-refractivity contribution in [1.29, 1.82) is 0 Å². The largest absolute Gasteiger partial charge is 0.508 e. The predicted molar refractivity (Wildman–Crippen MR) is 94.7 cm³/mol. The van der Waals surface area contributed by atoms with E-state index in [1.54, 1.807) is 18.2 Å². The molecule has 0 bridgehead atoms. The summed E-state index contributed by atoms with van der Waals surface area (Å²) in [6.45, 7) is 3.93. The lowest BCUT2D eigenvalue weighted by Gasteiger charge is -2.07. The summed E-state index contributed by atoms with van der Waals surface area (Å²) < 4.78 is 6.34. The number of nitrogens with one attached hydrogen (secondary N) is 1. The fourth-order valence-electron chi connectivity index (χ4n) is 1.83. The van der Waals surface area contributed by atoms with Crippen molar-refractivity contribution in [3.05, 3.63) is 64.7 Å². The fourth-order valence-corrected chi connectivity index (χ4v) is 2.21. The predicted octanol–water partition coefficient (Wildman–Crippen LogP) is 3.19. The number of ether oxygens (including phenoxy) is 1. The van der Waals surface area contributed by atoms with Crippen LogP contribution in [-0.2, 0) is 0 Å². The summed E-state index contributed by atoms with van der Waals surface area (Å²) in [6, 6.07) is 9.05. The van der Waals surface area contributed by atoms with E-state index in [4.69, 9.17) is 4.74 Å². The van der Waals surface area contributed by atoms with Crippen LogP contribution in [0.1, 0.15) is 15.9 Å². The van der Waals surface area contributed by atoms with Crippen LogP contribution in [0.5, 0.6) is 17.2 Å². The Morgan fingerprint density at radius 3 is 2.79 bits per heavy atom. The Hall–Kier alpha value is -2.80. The minimum absolute atomic E-state index is 0.00215. The first-order chi connectivity index (χ1) is 11.5. The van der Waals surface area contributed by atoms with Gasteiger partial charge in [0.15, 0.2) is 0 Å². The van der Waals surface area contributed by atoms with Crippen LogP contribution in [0.15, 0.2) is 58.6 Å². The summed E-state index contributed by atoms with van der Waals surface area (Å²) >= 11 is 3.36. The highest BCUT2D eigenvalue weighted by atomic mass is 79.9. The summed E-state index contributed by atoms with van der Waals surface area (Å²) in [5.74, 6) is -0.484. The molecule has 2 aromatic rings. The van der Waals surface area contributed by atoms with E-state index < -0.39 is 5.91 Å². The van der Waals surface area contributed by atoms with Gasteiger partial charge < -0.3 is 14.9 Å². The Labute approximate surface area is 147 Å². The van der Waals surface area contributed by atoms with Crippen molar-refractivity contribution in [3.63, 3.8) is 0 Å². The SMILES string of the molecule is C=CCOc1ccc(Br)cc1C=NNC(=O)c1ccc(O)cc1O. The Kier molecular flexibility index (Phi) is 5.97. The highest BCUT2D eigenvalue weighted by Gasteiger charge is 2.10. The van der Waals surface area contributed by atoms with Crippen molar-refractivity contribution in [1.82, 2.24) is 5.43 Å². The summed E-state index contributed by atoms with van der Waals surface area (Å²) in [6.07, 6.45) is 3.05. The summed E-state index contributed by atoms with van der Waals surface area (Å²) in [4.78, 5) is 12.0. The molecular weight excluding hydrogens is 376 g/mol. The number of aromatic hydroxyl groups is 2. The third-order valence-electron chi connectivity index (χ3n) is 2.92. The maximum atomic E-state index is 12.0. The number of hydrogen-bond acceptors (Lipinski definition) is 5. The minimum Gasteiger partial charge on any atom is -0.508 e. The number of rotatable bonds is 6. The molecule has 0 radical (unpaired) electrons. The molecule has 0 aromatic heterocycles. The van der Waals surface area contributed by atoms with Crippen LogP contribution >= 0.6 is 15.9 Å². The molecule has 0 aliphatic heterocycles. The average Bonchev–Trinajstić information content (AvgIpc) is 2.54. The monoisotopic (exact) mass is 390 g/mol. The number of nitrogens with zero attached hydrogens (tertiary/aromatic N) is 1. The molecule has 6 nitrogen and oxygen atoms in total. The van der Waals surface area contributed by atoms with E-state index in [-0.39, 0.29) is 17.1 Å². The van der Waals surface area contributed by atoms with Gasteiger partial charge in [-0.05, 0) is 30.3 Å². The average molecular weight is 391 g/mol. The fraction of sp³-hybridized carbons (Fsp3) is 0.0588. The molecule has 2 rings (SSSR count). The number of phenolic OH excluding ortho intramolecular Hbond substituents is 2. The highest BCUT2D eigenvalue weighted by molar-refractivity contribution is 9.10. The molecule has 0 heterocycles. The zero-order chi connectivity index (χ0) is 17.5. The lowest BCUT2D eigenvalue weighted by Crippen LogP contribution is -2.17. The van der Waals surface area contributed by atoms with Crippen LogP contribution in [0.3, 0.4) is 0 Å². The van der Waals surface area contributed by atoms with Gasteiger partial charge >= 0.3 is 0 Å². The molecular formula is C17H15BrN2O4. The molecule has 1 amide bonds. The van der Waals surface area contributed by atoms with E-state index in [0.29, 0.717) is 17.9 Å². The van der Waals surface area contributed by atoms with Gasteiger partial charge in [-0.2, -0.15) is 5.10 Å². The second kappa shape index (κ2) is 8.16. The van der Waals surface area contributed by atoms with E-state index in [2.05, 4.69) is 33.0 Å². The molecule has 0 spiro atoms. The van der Waals surface area contributed by atoms with E-state index in [1.165, 1.54) is 18.3 Å². The first-order valence-electron chi connectivity index (χ1n) is 6.90. The third-order valence-corrected chi connectivity index (χ3v) is 3.42. The minimum atomic E-state index is -0.604. The molecule has 0 atom stereocenters. The molecule has 0 saturated carbocycles. The van der Waals surface area contributed by atoms with Gasteiger partial charge in [-0.1, -0.05) is 28.6 Å². The van der Waals surface area contributed by atoms with Crippen molar-refractivity contribution >= 4 is 28.1 Å². The third kappa shape index (κ3) is 4.60. The van der Waals surface area contributed by atoms with Crippen LogP contribution in [0, 0.1) is 0 Å². The van der Waals surface area contributed by atoms with Crippen molar-refractivity contribution < 1.29 is 19.7 Å². The van der Waals surface area contributed by atoms with Gasteiger partial charge in [0, 0.05) is 16.1 Å². The molecule has 0 aliphatic carbocycles. The molecule has 0 fully saturated rings. The highest BCUT2D eigenvalue weighted by Crippen LogP contribution is 2.23. The number of carbonyl (C=O) groups excluding carboxylic acids is 1. The van der Waals surface area contributed by atoms with Crippen molar-refractivity contribution in [2.45, 2.75) is 0 Å². The van der Waals surface area contributed by atoms with Gasteiger partial charge in [-0.15, -0.1) is 0 Å². The van der Waals surface area contributed by atoms with Crippen LogP contribution < -0.4 is 10.2 Å². The van der Waals surface area contributed by atoms with Gasteiger partial charge in [-0.25, -0.2) is 5.43 Å². The Bertz CT molecular complexity index is 790. The molecule has 0 unspecified atom stereocenters. The number of benzene rings is 2. The molecule has 0 saturated heterocycles. The molecule has 7 heteroatoms. The zero-order valence-corrected chi connectivity index (χ0v) is 14.2. The van der Waals surface area contributed by atoms with E-state index in [0.717, 1.165) is 10.5 Å². The standard InChI is InChI=1S/C17H15BrN2O4/c1-2-7-24-16-6-3-12(18)8-11(16)10-19-20-17(23)14-5-4-13(21)9-15(14)22/h2-6,8-10,21-22H,1,7H2,(H,20,23). The number of amides is 1. The van der Waals surface area contributed by atoms with Gasteiger partial charge in [-0.3, -0.25) is 4.79 Å². The van der Waals surface area contributed by atoms with Gasteiger partial charge in [0.2, 0.25) is 0 Å². The first kappa shape index (κ1) is 17.6. The molecule has 0 aliphatic rings. The van der Waals surface area contributed by atoms with E-state index in [9.17, 15) is 15.0 Å². The summed E-state index contributed by atoms with van der Waals surface area (Å²) in [7, 11) is 0. The molecule has 3 N–H and O–H groups in total. The van der Waals surface area contributed by atoms with Gasteiger partial charge in [0.1, 0.15) is 23.9 Å².